The molecule has 0 bridgehead atoms. The largest absolute Gasteiger partial charge is 0.489 e. The summed E-state index contributed by atoms with van der Waals surface area (Å²) < 4.78 is 32.2. The van der Waals surface area contributed by atoms with Gasteiger partial charge in [-0.2, -0.15) is 0 Å². The fourth-order valence-corrected chi connectivity index (χ4v) is 3.65. The molecule has 136 valence electrons. The molecule has 2 aliphatic rings. The molecule has 2 aromatic rings. The first-order chi connectivity index (χ1) is 12.6. The number of piperidine rings is 1. The Morgan fingerprint density at radius 3 is 2.85 bits per heavy atom. The van der Waals surface area contributed by atoms with Crippen molar-refractivity contribution in [2.24, 2.45) is 0 Å². The minimum atomic E-state index is -0.893. The van der Waals surface area contributed by atoms with Crippen molar-refractivity contribution in [1.82, 2.24) is 10.2 Å². The van der Waals surface area contributed by atoms with Crippen molar-refractivity contribution >= 4 is 5.91 Å². The molecule has 1 amide bonds. The molecule has 0 radical (unpaired) electrons. The van der Waals surface area contributed by atoms with Crippen molar-refractivity contribution in [2.75, 3.05) is 13.1 Å². The first-order valence-electron chi connectivity index (χ1n) is 8.84. The van der Waals surface area contributed by atoms with Crippen LogP contribution in [0.4, 0.5) is 8.78 Å². The Kier molecular flexibility index (Phi) is 4.59. The van der Waals surface area contributed by atoms with Crippen LogP contribution in [0, 0.1) is 11.6 Å². The highest BCUT2D eigenvalue weighted by molar-refractivity contribution is 5.99. The van der Waals surface area contributed by atoms with Crippen molar-refractivity contribution < 1.29 is 18.3 Å². The van der Waals surface area contributed by atoms with E-state index in [1.165, 1.54) is 6.07 Å². The lowest BCUT2D eigenvalue weighted by molar-refractivity contribution is 0.0674. The quantitative estimate of drug-likeness (QED) is 0.912. The number of carbonyl (C=O) groups excluding carboxylic acids is 1. The molecule has 0 saturated carbocycles. The Bertz CT molecular complexity index is 835. The summed E-state index contributed by atoms with van der Waals surface area (Å²) in [4.78, 5) is 14.7. The van der Waals surface area contributed by atoms with Crippen molar-refractivity contribution in [3.8, 4) is 5.75 Å². The Labute approximate surface area is 150 Å². The third kappa shape index (κ3) is 3.17. The van der Waals surface area contributed by atoms with Gasteiger partial charge in [-0.25, -0.2) is 8.78 Å². The monoisotopic (exact) mass is 358 g/mol. The molecule has 0 spiro atoms. The fraction of sp³-hybridized carbons (Fsp3) is 0.350. The summed E-state index contributed by atoms with van der Waals surface area (Å²) in [7, 11) is 0. The van der Waals surface area contributed by atoms with E-state index < -0.39 is 11.6 Å². The van der Waals surface area contributed by atoms with E-state index in [0.29, 0.717) is 23.4 Å². The maximum Gasteiger partial charge on any atom is 0.254 e. The maximum atomic E-state index is 13.3. The van der Waals surface area contributed by atoms with Gasteiger partial charge in [-0.1, -0.05) is 12.1 Å². The molecule has 2 aliphatic heterocycles. The molecule has 26 heavy (non-hydrogen) atoms. The van der Waals surface area contributed by atoms with Gasteiger partial charge in [0.1, 0.15) is 12.4 Å². The summed E-state index contributed by atoms with van der Waals surface area (Å²) in [5.41, 5.74) is 2.07. The number of rotatable bonds is 4. The standard InChI is InChI=1S/C20H20F2N2O2/c21-17-7-6-13(9-18(17)22)12-26-19-5-1-4-15-16(19)11-24(20(15)25)14-3-2-8-23-10-14/h1,4-7,9,14,23H,2-3,8,10-12H2. The molecule has 1 atom stereocenters. The minimum Gasteiger partial charge on any atom is -0.489 e. The minimum absolute atomic E-state index is 0.0342. The molecular formula is C20H20F2N2O2. The van der Waals surface area contributed by atoms with Crippen molar-refractivity contribution in [3.63, 3.8) is 0 Å². The van der Waals surface area contributed by atoms with Crippen molar-refractivity contribution in [1.29, 1.82) is 0 Å². The number of carbonyl (C=O) groups is 1. The molecule has 4 nitrogen and oxygen atoms in total. The molecule has 1 saturated heterocycles. The van der Waals surface area contributed by atoms with Crippen LogP contribution in [-0.4, -0.2) is 29.9 Å². The summed E-state index contributed by atoms with van der Waals surface area (Å²) in [6.45, 7) is 2.44. The van der Waals surface area contributed by atoms with E-state index in [-0.39, 0.29) is 18.6 Å². The summed E-state index contributed by atoms with van der Waals surface area (Å²) in [5.74, 6) is -1.12. The average molecular weight is 358 g/mol. The molecule has 2 heterocycles. The van der Waals surface area contributed by atoms with E-state index in [4.69, 9.17) is 4.74 Å². The lowest BCUT2D eigenvalue weighted by Gasteiger charge is -2.31. The number of ether oxygens (including phenoxy) is 1. The molecule has 0 aromatic heterocycles. The predicted molar refractivity (Wildman–Crippen MR) is 92.9 cm³/mol. The zero-order valence-electron chi connectivity index (χ0n) is 14.3. The average Bonchev–Trinajstić information content (AvgIpc) is 3.01. The lowest BCUT2D eigenvalue weighted by atomic mass is 10.1. The Balaban J connectivity index is 1.51. The smallest absolute Gasteiger partial charge is 0.254 e. The summed E-state index contributed by atoms with van der Waals surface area (Å²) in [6.07, 6.45) is 2.06. The molecule has 0 aliphatic carbocycles. The van der Waals surface area contributed by atoms with Gasteiger partial charge in [0, 0.05) is 23.7 Å². The van der Waals surface area contributed by atoms with Gasteiger partial charge in [0.25, 0.3) is 5.91 Å². The van der Waals surface area contributed by atoms with Crippen molar-refractivity contribution in [3.05, 3.63) is 64.7 Å². The fourth-order valence-electron chi connectivity index (χ4n) is 3.65. The van der Waals surface area contributed by atoms with Gasteiger partial charge in [-0.05, 0) is 49.2 Å². The number of benzene rings is 2. The second-order valence-corrected chi connectivity index (χ2v) is 6.75. The highest BCUT2D eigenvalue weighted by atomic mass is 19.2. The van der Waals surface area contributed by atoms with Crippen LogP contribution in [0.15, 0.2) is 36.4 Å². The van der Waals surface area contributed by atoms with E-state index in [1.54, 1.807) is 6.07 Å². The van der Waals surface area contributed by atoms with Crippen LogP contribution in [0.3, 0.4) is 0 Å². The third-order valence-electron chi connectivity index (χ3n) is 5.04. The number of hydrogen-bond donors (Lipinski definition) is 1. The highest BCUT2D eigenvalue weighted by Crippen LogP contribution is 2.33. The number of halogens is 2. The predicted octanol–water partition coefficient (Wildman–Crippen LogP) is 3.25. The van der Waals surface area contributed by atoms with Gasteiger partial charge >= 0.3 is 0 Å². The van der Waals surface area contributed by atoms with Gasteiger partial charge in [-0.3, -0.25) is 4.79 Å². The number of nitrogens with zero attached hydrogens (tertiary/aromatic N) is 1. The highest BCUT2D eigenvalue weighted by Gasteiger charge is 2.35. The second-order valence-electron chi connectivity index (χ2n) is 6.75. The van der Waals surface area contributed by atoms with E-state index in [1.807, 2.05) is 17.0 Å². The SMILES string of the molecule is O=C1c2cccc(OCc3ccc(F)c(F)c3)c2CN1C1CCCNC1. The van der Waals surface area contributed by atoms with Crippen LogP contribution in [0.5, 0.6) is 5.75 Å². The lowest BCUT2D eigenvalue weighted by Crippen LogP contribution is -2.46. The van der Waals surface area contributed by atoms with Crippen LogP contribution < -0.4 is 10.1 Å². The summed E-state index contributed by atoms with van der Waals surface area (Å²) in [5, 5.41) is 3.34. The molecule has 2 aromatic carbocycles. The number of nitrogens with one attached hydrogen (secondary N) is 1. The topological polar surface area (TPSA) is 41.6 Å². The first kappa shape index (κ1) is 17.0. The first-order valence-corrected chi connectivity index (χ1v) is 8.84. The van der Waals surface area contributed by atoms with Crippen molar-refractivity contribution in [2.45, 2.75) is 32.0 Å². The third-order valence-corrected chi connectivity index (χ3v) is 5.04. The number of hydrogen-bond acceptors (Lipinski definition) is 3. The van der Waals surface area contributed by atoms with Gasteiger partial charge < -0.3 is 15.0 Å². The van der Waals surface area contributed by atoms with Crippen LogP contribution in [0.2, 0.25) is 0 Å². The van der Waals surface area contributed by atoms with E-state index in [9.17, 15) is 13.6 Å². The molecular weight excluding hydrogens is 338 g/mol. The Morgan fingerprint density at radius 2 is 2.08 bits per heavy atom. The zero-order valence-corrected chi connectivity index (χ0v) is 14.3. The zero-order chi connectivity index (χ0) is 18.1. The van der Waals surface area contributed by atoms with Gasteiger partial charge in [0.05, 0.1) is 6.54 Å². The Hall–Kier alpha value is -2.47. The number of amides is 1. The second kappa shape index (κ2) is 7.03. The van der Waals surface area contributed by atoms with Gasteiger partial charge in [0.15, 0.2) is 11.6 Å². The number of fused-ring (bicyclic) bond motifs is 1. The molecule has 1 unspecified atom stereocenters. The van der Waals surface area contributed by atoms with Gasteiger partial charge in [-0.15, -0.1) is 0 Å². The van der Waals surface area contributed by atoms with E-state index in [2.05, 4.69) is 5.32 Å². The van der Waals surface area contributed by atoms with E-state index in [0.717, 1.165) is 43.6 Å². The molecule has 1 fully saturated rings. The molecule has 4 rings (SSSR count). The maximum absolute atomic E-state index is 13.3. The van der Waals surface area contributed by atoms with Gasteiger partial charge in [0.2, 0.25) is 0 Å². The molecule has 1 N–H and O–H groups in total. The van der Waals surface area contributed by atoms with Crippen LogP contribution in [-0.2, 0) is 13.2 Å². The van der Waals surface area contributed by atoms with Crippen LogP contribution in [0.1, 0.15) is 34.3 Å². The normalized spacial score (nSPS) is 19.5. The summed E-state index contributed by atoms with van der Waals surface area (Å²) >= 11 is 0. The summed E-state index contributed by atoms with van der Waals surface area (Å²) in [6, 6.07) is 9.33. The molecule has 6 heteroatoms. The Morgan fingerprint density at radius 1 is 1.19 bits per heavy atom. The van der Waals surface area contributed by atoms with E-state index >= 15 is 0 Å². The van der Waals surface area contributed by atoms with Crippen LogP contribution in [0.25, 0.3) is 0 Å². The van der Waals surface area contributed by atoms with Crippen LogP contribution >= 0.6 is 0 Å².